The van der Waals surface area contributed by atoms with Crippen LogP contribution in [0.5, 0.6) is 5.75 Å². The molecule has 5 heteroatoms. The van der Waals surface area contributed by atoms with E-state index in [9.17, 15) is 0 Å². The van der Waals surface area contributed by atoms with Crippen LogP contribution in [0.4, 0.5) is 0 Å². The Balaban J connectivity index is 2.42. The summed E-state index contributed by atoms with van der Waals surface area (Å²) in [5.74, 6) is 1.69. The first-order valence-electron chi connectivity index (χ1n) is 6.87. The van der Waals surface area contributed by atoms with Gasteiger partial charge in [0.05, 0.1) is 13.7 Å². The maximum Gasteiger partial charge on any atom is 0.191 e. The van der Waals surface area contributed by atoms with Crippen LogP contribution >= 0.6 is 0 Å². The number of hydrogen-bond acceptors (Lipinski definition) is 3. The molecule has 0 aliphatic heterocycles. The van der Waals surface area contributed by atoms with Gasteiger partial charge in [0.2, 0.25) is 0 Å². The molecular weight excluding hydrogens is 254 g/mol. The van der Waals surface area contributed by atoms with Crippen molar-refractivity contribution >= 4 is 5.96 Å². The lowest BCUT2D eigenvalue weighted by Crippen LogP contribution is -2.38. The van der Waals surface area contributed by atoms with Gasteiger partial charge >= 0.3 is 0 Å². The fraction of sp³-hybridized carbons (Fsp3) is 0.533. The zero-order valence-corrected chi connectivity index (χ0v) is 12.8. The number of benzene rings is 1. The highest BCUT2D eigenvalue weighted by molar-refractivity contribution is 5.79. The van der Waals surface area contributed by atoms with E-state index in [1.807, 2.05) is 26.0 Å². The molecule has 0 bridgehead atoms. The van der Waals surface area contributed by atoms with Gasteiger partial charge in [-0.15, -0.1) is 0 Å². The second-order valence-electron chi connectivity index (χ2n) is 4.35. The van der Waals surface area contributed by atoms with Crippen LogP contribution in [-0.4, -0.2) is 39.9 Å². The summed E-state index contributed by atoms with van der Waals surface area (Å²) in [6.07, 6.45) is 0. The fourth-order valence-electron chi connectivity index (χ4n) is 1.84. The summed E-state index contributed by atoms with van der Waals surface area (Å²) in [5, 5.41) is 6.47. The first kappa shape index (κ1) is 16.3. The Hall–Kier alpha value is -1.75. The lowest BCUT2D eigenvalue weighted by atomic mass is 10.1. The highest BCUT2D eigenvalue weighted by Crippen LogP contribution is 2.18. The van der Waals surface area contributed by atoms with E-state index in [0.29, 0.717) is 6.61 Å². The minimum Gasteiger partial charge on any atom is -0.496 e. The molecule has 0 aliphatic carbocycles. The van der Waals surface area contributed by atoms with Crippen molar-refractivity contribution in [3.8, 4) is 5.75 Å². The first-order chi connectivity index (χ1) is 9.71. The monoisotopic (exact) mass is 279 g/mol. The summed E-state index contributed by atoms with van der Waals surface area (Å²) in [5.41, 5.74) is 2.32. The van der Waals surface area contributed by atoms with E-state index in [1.165, 1.54) is 5.56 Å². The van der Waals surface area contributed by atoms with Crippen molar-refractivity contribution in [1.29, 1.82) is 0 Å². The molecule has 1 aromatic carbocycles. The predicted octanol–water partition coefficient (Wildman–Crippen LogP) is 1.71. The fourth-order valence-corrected chi connectivity index (χ4v) is 1.84. The molecular formula is C15H25N3O2. The van der Waals surface area contributed by atoms with Crippen molar-refractivity contribution in [2.75, 3.05) is 33.9 Å². The van der Waals surface area contributed by atoms with E-state index in [4.69, 9.17) is 9.47 Å². The molecule has 0 aromatic heterocycles. The van der Waals surface area contributed by atoms with Crippen LogP contribution < -0.4 is 15.4 Å². The Morgan fingerprint density at radius 2 is 2.10 bits per heavy atom. The molecule has 0 atom stereocenters. The molecule has 0 radical (unpaired) electrons. The van der Waals surface area contributed by atoms with Crippen LogP contribution in [0.2, 0.25) is 0 Å². The minimum absolute atomic E-state index is 0.679. The zero-order valence-electron chi connectivity index (χ0n) is 12.8. The molecule has 0 saturated carbocycles. The normalized spacial score (nSPS) is 11.3. The van der Waals surface area contributed by atoms with Gasteiger partial charge in [0.15, 0.2) is 5.96 Å². The standard InChI is InChI=1S/C15H25N3O2/c1-5-20-9-8-17-15(16-3)18-11-13-6-7-14(19-4)12(2)10-13/h6-7,10H,5,8-9,11H2,1-4H3,(H2,16,17,18). The van der Waals surface area contributed by atoms with Crippen molar-refractivity contribution in [1.82, 2.24) is 10.6 Å². The van der Waals surface area contributed by atoms with E-state index in [1.54, 1.807) is 14.2 Å². The second-order valence-corrected chi connectivity index (χ2v) is 4.35. The van der Waals surface area contributed by atoms with Crippen molar-refractivity contribution in [3.05, 3.63) is 29.3 Å². The van der Waals surface area contributed by atoms with Gasteiger partial charge in [0, 0.05) is 26.7 Å². The second kappa shape index (κ2) is 9.20. The summed E-state index contributed by atoms with van der Waals surface area (Å²) in [6.45, 7) is 6.91. The quantitative estimate of drug-likeness (QED) is 0.453. The molecule has 5 nitrogen and oxygen atoms in total. The van der Waals surface area contributed by atoms with E-state index in [0.717, 1.165) is 37.0 Å². The van der Waals surface area contributed by atoms with Crippen LogP contribution in [0.15, 0.2) is 23.2 Å². The maximum atomic E-state index is 5.27. The number of aryl methyl sites for hydroxylation is 1. The zero-order chi connectivity index (χ0) is 14.8. The lowest BCUT2D eigenvalue weighted by Gasteiger charge is -2.13. The number of methoxy groups -OCH3 is 1. The van der Waals surface area contributed by atoms with Crippen LogP contribution in [-0.2, 0) is 11.3 Å². The Kier molecular flexibility index (Phi) is 7.50. The van der Waals surface area contributed by atoms with Gasteiger partial charge in [-0.2, -0.15) is 0 Å². The van der Waals surface area contributed by atoms with E-state index >= 15 is 0 Å². The van der Waals surface area contributed by atoms with Crippen molar-refractivity contribution in [2.45, 2.75) is 20.4 Å². The number of hydrogen-bond donors (Lipinski definition) is 2. The van der Waals surface area contributed by atoms with E-state index in [-0.39, 0.29) is 0 Å². The third-order valence-electron chi connectivity index (χ3n) is 2.89. The van der Waals surface area contributed by atoms with Crippen LogP contribution in [0, 0.1) is 6.92 Å². The maximum absolute atomic E-state index is 5.27. The molecule has 0 unspecified atom stereocenters. The number of rotatable bonds is 7. The SMILES string of the molecule is CCOCCNC(=NC)NCc1ccc(OC)c(C)c1. The molecule has 1 rings (SSSR count). The van der Waals surface area contributed by atoms with Gasteiger partial charge in [-0.3, -0.25) is 4.99 Å². The number of nitrogens with one attached hydrogen (secondary N) is 2. The minimum atomic E-state index is 0.679. The number of guanidine groups is 1. The molecule has 0 amide bonds. The van der Waals surface area contributed by atoms with Gasteiger partial charge in [0.1, 0.15) is 5.75 Å². The van der Waals surface area contributed by atoms with Crippen LogP contribution in [0.25, 0.3) is 0 Å². The number of aliphatic imine (C=N–C) groups is 1. The molecule has 0 saturated heterocycles. The van der Waals surface area contributed by atoms with Crippen molar-refractivity contribution in [3.63, 3.8) is 0 Å². The van der Waals surface area contributed by atoms with Gasteiger partial charge in [-0.1, -0.05) is 12.1 Å². The van der Waals surface area contributed by atoms with Gasteiger partial charge in [-0.25, -0.2) is 0 Å². The first-order valence-corrected chi connectivity index (χ1v) is 6.87. The summed E-state index contributed by atoms with van der Waals surface area (Å²) < 4.78 is 10.5. The van der Waals surface area contributed by atoms with Gasteiger partial charge < -0.3 is 20.1 Å². The number of ether oxygens (including phenoxy) is 2. The third kappa shape index (κ3) is 5.48. The molecule has 0 aliphatic rings. The Morgan fingerprint density at radius 1 is 1.30 bits per heavy atom. The van der Waals surface area contributed by atoms with Gasteiger partial charge in [0.25, 0.3) is 0 Å². The number of nitrogens with zero attached hydrogens (tertiary/aromatic N) is 1. The molecule has 112 valence electrons. The largest absolute Gasteiger partial charge is 0.496 e. The molecule has 1 aromatic rings. The summed E-state index contributed by atoms with van der Waals surface area (Å²) in [4.78, 5) is 4.17. The Labute approximate surface area is 121 Å². The molecule has 0 fully saturated rings. The van der Waals surface area contributed by atoms with Crippen LogP contribution in [0.1, 0.15) is 18.1 Å². The molecule has 20 heavy (non-hydrogen) atoms. The third-order valence-corrected chi connectivity index (χ3v) is 2.89. The highest BCUT2D eigenvalue weighted by atomic mass is 16.5. The van der Waals surface area contributed by atoms with E-state index in [2.05, 4.69) is 21.7 Å². The topological polar surface area (TPSA) is 54.9 Å². The van der Waals surface area contributed by atoms with Crippen LogP contribution in [0.3, 0.4) is 0 Å². The highest BCUT2D eigenvalue weighted by Gasteiger charge is 2.01. The smallest absolute Gasteiger partial charge is 0.191 e. The summed E-state index contributed by atoms with van der Waals surface area (Å²) >= 11 is 0. The van der Waals surface area contributed by atoms with Crippen molar-refractivity contribution < 1.29 is 9.47 Å². The predicted molar refractivity (Wildman–Crippen MR) is 82.4 cm³/mol. The molecule has 2 N–H and O–H groups in total. The van der Waals surface area contributed by atoms with E-state index < -0.39 is 0 Å². The average molecular weight is 279 g/mol. The molecule has 0 spiro atoms. The summed E-state index contributed by atoms with van der Waals surface area (Å²) in [6, 6.07) is 6.14. The lowest BCUT2D eigenvalue weighted by molar-refractivity contribution is 0.152. The average Bonchev–Trinajstić information content (AvgIpc) is 2.46. The molecule has 0 heterocycles. The Bertz CT molecular complexity index is 433. The van der Waals surface area contributed by atoms with Crippen molar-refractivity contribution in [2.24, 2.45) is 4.99 Å². The summed E-state index contributed by atoms with van der Waals surface area (Å²) in [7, 11) is 3.44. The Morgan fingerprint density at radius 3 is 2.70 bits per heavy atom. The van der Waals surface area contributed by atoms with Gasteiger partial charge in [-0.05, 0) is 31.0 Å².